The van der Waals surface area contributed by atoms with Crippen molar-refractivity contribution in [2.24, 2.45) is 0 Å². The topological polar surface area (TPSA) is 122 Å². The third-order valence-corrected chi connectivity index (χ3v) is 5.35. The van der Waals surface area contributed by atoms with E-state index in [4.69, 9.17) is 47.7 Å². The number of carbonyl (C=O) groups excluding carboxylic acids is 1. The number of ether oxygens (including phenoxy) is 1. The van der Waals surface area contributed by atoms with Gasteiger partial charge in [-0.05, 0) is 58.0 Å². The van der Waals surface area contributed by atoms with E-state index in [2.05, 4.69) is 10.00 Å². The minimum atomic E-state index is -1.82. The molecule has 0 spiro atoms. The zero-order chi connectivity index (χ0) is 23.1. The Hall–Kier alpha value is -2.62. The van der Waals surface area contributed by atoms with Gasteiger partial charge in [0, 0.05) is 6.54 Å². The number of ketones is 1. The number of carboxylic acids is 2. The Bertz CT molecular complexity index is 958. The van der Waals surface area contributed by atoms with Gasteiger partial charge in [-0.1, -0.05) is 23.2 Å². The second-order valence-electron chi connectivity index (χ2n) is 6.84. The van der Waals surface area contributed by atoms with E-state index in [1.54, 1.807) is 16.8 Å². The lowest BCUT2D eigenvalue weighted by molar-refractivity contribution is -0.159. The van der Waals surface area contributed by atoms with Gasteiger partial charge in [0.25, 0.3) is 0 Å². The second kappa shape index (κ2) is 11.1. The van der Waals surface area contributed by atoms with E-state index in [9.17, 15) is 4.79 Å². The first kappa shape index (κ1) is 24.6. The number of aromatic nitrogens is 2. The number of carboxylic acid groups (broad SMARTS) is 2. The summed E-state index contributed by atoms with van der Waals surface area (Å²) in [5, 5.41) is 20.2. The van der Waals surface area contributed by atoms with Crippen molar-refractivity contribution in [3.05, 3.63) is 39.5 Å². The molecule has 2 N–H and O–H groups in total. The zero-order valence-corrected chi connectivity index (χ0v) is 18.6. The van der Waals surface area contributed by atoms with Gasteiger partial charge >= 0.3 is 11.9 Å². The van der Waals surface area contributed by atoms with Crippen LogP contribution in [0.4, 0.5) is 0 Å². The van der Waals surface area contributed by atoms with Crippen LogP contribution in [0, 0.1) is 6.92 Å². The molecule has 2 heterocycles. The summed E-state index contributed by atoms with van der Waals surface area (Å²) in [5.74, 6) is -3.35. The van der Waals surface area contributed by atoms with Crippen molar-refractivity contribution in [3.8, 4) is 11.6 Å². The maximum absolute atomic E-state index is 12.1. The van der Waals surface area contributed by atoms with Crippen molar-refractivity contribution < 1.29 is 29.3 Å². The molecular weight excluding hydrogens is 449 g/mol. The van der Waals surface area contributed by atoms with Gasteiger partial charge < -0.3 is 14.9 Å². The molecule has 168 valence electrons. The number of benzene rings is 1. The standard InChI is InChI=1S/C18H21Cl2N3O2.C2H2O4/c1-12-17(13(2)24)18(25-10-9-22-7-3-4-8-22)21-23(12)14-5-6-15(19)16(20)11-14;3-1(4)2(5)6/h5-6,11H,3-4,7-10H2,1-2H3;(H,3,4)(H,5,6). The fourth-order valence-electron chi connectivity index (χ4n) is 3.13. The van der Waals surface area contributed by atoms with Crippen LogP contribution in [-0.4, -0.2) is 68.9 Å². The van der Waals surface area contributed by atoms with E-state index in [1.807, 2.05) is 13.0 Å². The fourth-order valence-corrected chi connectivity index (χ4v) is 3.42. The lowest BCUT2D eigenvalue weighted by Crippen LogP contribution is -2.25. The molecule has 3 rings (SSSR count). The maximum atomic E-state index is 12.1. The van der Waals surface area contributed by atoms with Gasteiger partial charge in [0.15, 0.2) is 5.78 Å². The molecule has 1 aliphatic heterocycles. The normalized spacial score (nSPS) is 13.4. The van der Waals surface area contributed by atoms with Gasteiger partial charge in [0.05, 0.1) is 21.4 Å². The van der Waals surface area contributed by atoms with Crippen molar-refractivity contribution in [1.29, 1.82) is 0 Å². The molecule has 2 aromatic rings. The minimum absolute atomic E-state index is 0.0695. The van der Waals surface area contributed by atoms with Crippen molar-refractivity contribution in [3.63, 3.8) is 0 Å². The van der Waals surface area contributed by atoms with Gasteiger partial charge in [-0.3, -0.25) is 9.69 Å². The summed E-state index contributed by atoms with van der Waals surface area (Å²) in [6.07, 6.45) is 2.48. The molecule has 0 amide bonds. The highest BCUT2D eigenvalue weighted by atomic mass is 35.5. The van der Waals surface area contributed by atoms with Gasteiger partial charge in [-0.25, -0.2) is 14.3 Å². The molecule has 11 heteroatoms. The second-order valence-corrected chi connectivity index (χ2v) is 7.65. The first-order valence-electron chi connectivity index (χ1n) is 9.49. The fraction of sp³-hybridized carbons (Fsp3) is 0.400. The van der Waals surface area contributed by atoms with Crippen LogP contribution in [0.5, 0.6) is 5.88 Å². The maximum Gasteiger partial charge on any atom is 0.414 e. The number of carbonyl (C=O) groups is 3. The molecule has 1 fully saturated rings. The van der Waals surface area contributed by atoms with Crippen LogP contribution in [0.2, 0.25) is 10.0 Å². The number of hydrogen-bond acceptors (Lipinski definition) is 6. The third-order valence-electron chi connectivity index (χ3n) is 4.61. The van der Waals surface area contributed by atoms with Gasteiger partial charge in [-0.2, -0.15) is 0 Å². The van der Waals surface area contributed by atoms with E-state index in [0.29, 0.717) is 28.1 Å². The average molecular weight is 472 g/mol. The summed E-state index contributed by atoms with van der Waals surface area (Å²) in [7, 11) is 0. The Morgan fingerprint density at radius 3 is 2.23 bits per heavy atom. The molecule has 9 nitrogen and oxygen atoms in total. The number of hydrogen-bond donors (Lipinski definition) is 2. The molecule has 0 aliphatic carbocycles. The number of nitrogens with zero attached hydrogens (tertiary/aromatic N) is 3. The highest BCUT2D eigenvalue weighted by Crippen LogP contribution is 2.28. The summed E-state index contributed by atoms with van der Waals surface area (Å²) in [5.41, 5.74) is 1.97. The molecule has 1 aromatic heterocycles. The van der Waals surface area contributed by atoms with E-state index in [0.717, 1.165) is 31.0 Å². The van der Waals surface area contributed by atoms with E-state index >= 15 is 0 Å². The van der Waals surface area contributed by atoms with Crippen LogP contribution in [-0.2, 0) is 9.59 Å². The number of aliphatic carboxylic acids is 2. The largest absolute Gasteiger partial charge is 0.475 e. The lowest BCUT2D eigenvalue weighted by atomic mass is 10.2. The summed E-state index contributed by atoms with van der Waals surface area (Å²) >= 11 is 12.1. The number of halogens is 2. The number of Topliss-reactive ketones (excluding diaryl/α,β-unsaturated/α-hetero) is 1. The molecule has 1 aliphatic rings. The molecule has 1 aromatic carbocycles. The van der Waals surface area contributed by atoms with Crippen LogP contribution in [0.1, 0.15) is 35.8 Å². The molecule has 0 unspecified atom stereocenters. The van der Waals surface area contributed by atoms with Crippen molar-refractivity contribution in [2.75, 3.05) is 26.2 Å². The molecule has 31 heavy (non-hydrogen) atoms. The Morgan fingerprint density at radius 2 is 1.71 bits per heavy atom. The van der Waals surface area contributed by atoms with Crippen LogP contribution < -0.4 is 4.74 Å². The number of rotatable bonds is 6. The zero-order valence-electron chi connectivity index (χ0n) is 17.1. The predicted molar refractivity (Wildman–Crippen MR) is 115 cm³/mol. The smallest absolute Gasteiger partial charge is 0.414 e. The van der Waals surface area contributed by atoms with Crippen LogP contribution >= 0.6 is 23.2 Å². The SMILES string of the molecule is CC(=O)c1c(OCCN2CCCC2)nn(-c2ccc(Cl)c(Cl)c2)c1C.O=C(O)C(=O)O. The summed E-state index contributed by atoms with van der Waals surface area (Å²) < 4.78 is 7.51. The Kier molecular flexibility index (Phi) is 8.85. The van der Waals surface area contributed by atoms with E-state index in [1.165, 1.54) is 19.8 Å². The Morgan fingerprint density at radius 1 is 1.10 bits per heavy atom. The molecule has 1 saturated heterocycles. The van der Waals surface area contributed by atoms with E-state index in [-0.39, 0.29) is 5.78 Å². The monoisotopic (exact) mass is 471 g/mol. The quantitative estimate of drug-likeness (QED) is 0.485. The third kappa shape index (κ3) is 6.68. The Balaban J connectivity index is 0.000000501. The van der Waals surface area contributed by atoms with Crippen LogP contribution in [0.3, 0.4) is 0 Å². The molecule has 0 radical (unpaired) electrons. The summed E-state index contributed by atoms with van der Waals surface area (Å²) in [6, 6.07) is 5.25. The Labute approximate surface area is 189 Å². The lowest BCUT2D eigenvalue weighted by Gasteiger charge is -2.14. The van der Waals surface area contributed by atoms with Crippen molar-refractivity contribution >= 4 is 40.9 Å². The van der Waals surface area contributed by atoms with E-state index < -0.39 is 11.9 Å². The van der Waals surface area contributed by atoms with Crippen molar-refractivity contribution in [2.45, 2.75) is 26.7 Å². The first-order valence-corrected chi connectivity index (χ1v) is 10.2. The molecule has 0 saturated carbocycles. The number of likely N-dealkylation sites (tertiary alicyclic amines) is 1. The summed E-state index contributed by atoms with van der Waals surface area (Å²) in [6.45, 7) is 6.95. The molecule has 0 bridgehead atoms. The highest BCUT2D eigenvalue weighted by molar-refractivity contribution is 6.42. The minimum Gasteiger partial charge on any atom is -0.475 e. The average Bonchev–Trinajstić information content (AvgIpc) is 3.32. The molecule has 0 atom stereocenters. The van der Waals surface area contributed by atoms with Gasteiger partial charge in [-0.15, -0.1) is 5.10 Å². The predicted octanol–water partition coefficient (Wildman–Crippen LogP) is 3.32. The van der Waals surface area contributed by atoms with Gasteiger partial charge in [0.2, 0.25) is 5.88 Å². The van der Waals surface area contributed by atoms with Gasteiger partial charge in [0.1, 0.15) is 12.2 Å². The van der Waals surface area contributed by atoms with Crippen molar-refractivity contribution in [1.82, 2.24) is 14.7 Å². The first-order chi connectivity index (χ1) is 14.6. The summed E-state index contributed by atoms with van der Waals surface area (Å²) in [4.78, 5) is 32.6. The molecular formula is C20H23Cl2N3O6. The highest BCUT2D eigenvalue weighted by Gasteiger charge is 2.21. The van der Waals surface area contributed by atoms with Crippen LogP contribution in [0.25, 0.3) is 5.69 Å². The van der Waals surface area contributed by atoms with Crippen LogP contribution in [0.15, 0.2) is 18.2 Å².